The third-order valence-electron chi connectivity index (χ3n) is 4.93. The second kappa shape index (κ2) is 5.37. The molecule has 0 amide bonds. The molecule has 3 heteroatoms. The largest absolute Gasteiger partial charge is 0.366 e. The minimum atomic E-state index is 0.0437. The summed E-state index contributed by atoms with van der Waals surface area (Å²) in [5.74, 6) is 2.36. The van der Waals surface area contributed by atoms with Crippen molar-refractivity contribution in [2.45, 2.75) is 32.7 Å². The number of rotatable bonds is 3. The molecule has 0 aliphatic carbocycles. The number of aryl methyl sites for hydroxylation is 1. The molecular formula is C16H26N2S. The van der Waals surface area contributed by atoms with E-state index in [-0.39, 0.29) is 11.0 Å². The van der Waals surface area contributed by atoms with E-state index in [4.69, 9.17) is 5.73 Å². The fraction of sp³-hybridized carbons (Fsp3) is 0.625. The molecule has 1 aromatic rings. The maximum Gasteiger partial charge on any atom is 0.0661 e. The zero-order chi connectivity index (χ0) is 14.1. The molecule has 1 aliphatic rings. The Morgan fingerprint density at radius 3 is 2.58 bits per heavy atom. The van der Waals surface area contributed by atoms with E-state index in [1.807, 2.05) is 11.8 Å². The van der Waals surface area contributed by atoms with E-state index in [0.29, 0.717) is 6.54 Å². The van der Waals surface area contributed by atoms with E-state index >= 15 is 0 Å². The molecule has 0 aromatic heterocycles. The Balaban J connectivity index is 2.43. The van der Waals surface area contributed by atoms with Crippen molar-refractivity contribution >= 4 is 17.4 Å². The Bertz CT molecular complexity index is 444. The molecule has 1 unspecified atom stereocenters. The number of thioether (sulfide) groups is 1. The summed E-state index contributed by atoms with van der Waals surface area (Å²) in [5, 5.41) is 0. The third-order valence-corrected chi connectivity index (χ3v) is 6.10. The molecule has 2 N–H and O–H groups in total. The number of likely N-dealkylation sites (N-methyl/N-ethyl adjacent to an activating group) is 1. The fourth-order valence-corrected chi connectivity index (χ4v) is 5.03. The van der Waals surface area contributed by atoms with Crippen LogP contribution in [0.3, 0.4) is 0 Å². The molecule has 1 atom stereocenters. The van der Waals surface area contributed by atoms with E-state index in [1.165, 1.54) is 23.4 Å². The number of hydrogen-bond acceptors (Lipinski definition) is 3. The Morgan fingerprint density at radius 2 is 2.00 bits per heavy atom. The second-order valence-electron chi connectivity index (χ2n) is 6.27. The van der Waals surface area contributed by atoms with Crippen LogP contribution in [0.15, 0.2) is 24.3 Å². The first-order chi connectivity index (χ1) is 8.94. The summed E-state index contributed by atoms with van der Waals surface area (Å²) >= 11 is 2.04. The molecule has 1 aliphatic heterocycles. The molecule has 1 heterocycles. The predicted molar refractivity (Wildman–Crippen MR) is 87.1 cm³/mol. The summed E-state index contributed by atoms with van der Waals surface area (Å²) in [4.78, 5) is 2.44. The lowest BCUT2D eigenvalue weighted by atomic mass is 9.69. The van der Waals surface area contributed by atoms with Crippen molar-refractivity contribution in [1.29, 1.82) is 0 Å². The van der Waals surface area contributed by atoms with Gasteiger partial charge in [-0.15, -0.1) is 0 Å². The van der Waals surface area contributed by atoms with Crippen LogP contribution in [0.2, 0.25) is 0 Å². The van der Waals surface area contributed by atoms with Crippen molar-refractivity contribution < 1.29 is 0 Å². The number of nitrogens with two attached hydrogens (primary N) is 1. The SMILES string of the molecule is Cc1ccccc1N(C)C1(CN)CSCCC1(C)C. The molecule has 0 spiro atoms. The van der Waals surface area contributed by atoms with Crippen LogP contribution in [0.25, 0.3) is 0 Å². The van der Waals surface area contributed by atoms with Gasteiger partial charge in [-0.3, -0.25) is 0 Å². The van der Waals surface area contributed by atoms with Gasteiger partial charge in [-0.05, 0) is 36.1 Å². The Hall–Kier alpha value is -0.670. The lowest BCUT2D eigenvalue weighted by Gasteiger charge is -2.55. The van der Waals surface area contributed by atoms with Crippen molar-refractivity contribution in [2.75, 3.05) is 30.0 Å². The Morgan fingerprint density at radius 1 is 1.32 bits per heavy atom. The van der Waals surface area contributed by atoms with Gasteiger partial charge in [-0.1, -0.05) is 32.0 Å². The zero-order valence-corrected chi connectivity index (χ0v) is 13.4. The second-order valence-corrected chi connectivity index (χ2v) is 7.37. The van der Waals surface area contributed by atoms with Gasteiger partial charge in [0.15, 0.2) is 0 Å². The van der Waals surface area contributed by atoms with Gasteiger partial charge in [0, 0.05) is 25.0 Å². The highest BCUT2D eigenvalue weighted by Gasteiger charge is 2.49. The van der Waals surface area contributed by atoms with Crippen molar-refractivity contribution in [3.05, 3.63) is 29.8 Å². The van der Waals surface area contributed by atoms with Crippen LogP contribution in [-0.4, -0.2) is 30.6 Å². The molecule has 1 aromatic carbocycles. The first kappa shape index (κ1) is 14.7. The van der Waals surface area contributed by atoms with Gasteiger partial charge < -0.3 is 10.6 Å². The van der Waals surface area contributed by atoms with Crippen LogP contribution >= 0.6 is 11.8 Å². The lowest BCUT2D eigenvalue weighted by Crippen LogP contribution is -2.65. The minimum absolute atomic E-state index is 0.0437. The predicted octanol–water partition coefficient (Wildman–Crippen LogP) is 3.29. The van der Waals surface area contributed by atoms with Crippen molar-refractivity contribution in [1.82, 2.24) is 0 Å². The van der Waals surface area contributed by atoms with Crippen molar-refractivity contribution in [3.8, 4) is 0 Å². The molecule has 2 nitrogen and oxygen atoms in total. The van der Waals surface area contributed by atoms with E-state index < -0.39 is 0 Å². The molecule has 1 saturated heterocycles. The molecular weight excluding hydrogens is 252 g/mol. The van der Waals surface area contributed by atoms with E-state index in [0.717, 1.165) is 5.75 Å². The van der Waals surface area contributed by atoms with Crippen LogP contribution in [0, 0.1) is 12.3 Å². The minimum Gasteiger partial charge on any atom is -0.366 e. The lowest BCUT2D eigenvalue weighted by molar-refractivity contribution is 0.175. The number of hydrogen-bond donors (Lipinski definition) is 1. The van der Waals surface area contributed by atoms with Crippen LogP contribution < -0.4 is 10.6 Å². The molecule has 0 radical (unpaired) electrons. The molecule has 0 bridgehead atoms. The smallest absolute Gasteiger partial charge is 0.0661 e. The van der Waals surface area contributed by atoms with E-state index in [9.17, 15) is 0 Å². The van der Waals surface area contributed by atoms with Gasteiger partial charge in [0.1, 0.15) is 0 Å². The van der Waals surface area contributed by atoms with Gasteiger partial charge in [-0.25, -0.2) is 0 Å². The summed E-state index contributed by atoms with van der Waals surface area (Å²) in [6, 6.07) is 8.61. The maximum atomic E-state index is 6.25. The monoisotopic (exact) mass is 278 g/mol. The summed E-state index contributed by atoms with van der Waals surface area (Å²) in [6.07, 6.45) is 1.23. The standard InChI is InChI=1S/C16H26N2S/c1-13-7-5-6-8-14(13)18(4)16(11-17)12-19-10-9-15(16,2)3/h5-8H,9-12,17H2,1-4H3. The van der Waals surface area contributed by atoms with Crippen LogP contribution in [0.5, 0.6) is 0 Å². The van der Waals surface area contributed by atoms with Crippen molar-refractivity contribution in [2.24, 2.45) is 11.1 Å². The Kier molecular flexibility index (Phi) is 4.17. The quantitative estimate of drug-likeness (QED) is 0.920. The number of anilines is 1. The highest BCUT2D eigenvalue weighted by molar-refractivity contribution is 7.99. The summed E-state index contributed by atoms with van der Waals surface area (Å²) in [5.41, 5.74) is 9.16. The van der Waals surface area contributed by atoms with Crippen LogP contribution in [0.4, 0.5) is 5.69 Å². The highest BCUT2D eigenvalue weighted by atomic mass is 32.2. The number of para-hydroxylation sites is 1. The number of benzene rings is 1. The summed E-state index contributed by atoms with van der Waals surface area (Å²) in [7, 11) is 2.21. The maximum absolute atomic E-state index is 6.25. The summed E-state index contributed by atoms with van der Waals surface area (Å²) < 4.78 is 0. The van der Waals surface area contributed by atoms with E-state index in [1.54, 1.807) is 0 Å². The topological polar surface area (TPSA) is 29.3 Å². The molecule has 0 saturated carbocycles. The first-order valence-corrected chi connectivity index (χ1v) is 8.17. The molecule has 19 heavy (non-hydrogen) atoms. The van der Waals surface area contributed by atoms with Gasteiger partial charge in [-0.2, -0.15) is 11.8 Å². The summed E-state index contributed by atoms with van der Waals surface area (Å²) in [6.45, 7) is 7.62. The Labute approximate surface area is 121 Å². The van der Waals surface area contributed by atoms with Crippen LogP contribution in [-0.2, 0) is 0 Å². The third kappa shape index (κ3) is 2.38. The molecule has 2 rings (SSSR count). The highest BCUT2D eigenvalue weighted by Crippen LogP contribution is 2.46. The first-order valence-electron chi connectivity index (χ1n) is 7.02. The molecule has 106 valence electrons. The normalized spacial score (nSPS) is 26.2. The van der Waals surface area contributed by atoms with Crippen molar-refractivity contribution in [3.63, 3.8) is 0 Å². The van der Waals surface area contributed by atoms with Gasteiger partial charge in [0.2, 0.25) is 0 Å². The van der Waals surface area contributed by atoms with E-state index in [2.05, 4.69) is 57.0 Å². The van der Waals surface area contributed by atoms with Crippen LogP contribution in [0.1, 0.15) is 25.8 Å². The molecule has 1 fully saturated rings. The van der Waals surface area contributed by atoms with Gasteiger partial charge in [0.05, 0.1) is 5.54 Å². The average molecular weight is 278 g/mol. The number of nitrogens with zero attached hydrogens (tertiary/aromatic N) is 1. The fourth-order valence-electron chi connectivity index (χ4n) is 3.19. The zero-order valence-electron chi connectivity index (χ0n) is 12.6. The average Bonchev–Trinajstić information content (AvgIpc) is 2.38. The van der Waals surface area contributed by atoms with Gasteiger partial charge in [0.25, 0.3) is 0 Å². The van der Waals surface area contributed by atoms with Gasteiger partial charge >= 0.3 is 0 Å².